The van der Waals surface area contributed by atoms with Crippen molar-refractivity contribution in [3.8, 4) is 0 Å². The van der Waals surface area contributed by atoms with Gasteiger partial charge in [-0.25, -0.2) is 4.99 Å². The molecule has 0 saturated heterocycles. The molecule has 3 aliphatic heterocycles. The Labute approximate surface area is 279 Å². The molecule has 9 rings (SSSR count). The molecule has 1 unspecified atom stereocenters. The van der Waals surface area contributed by atoms with Crippen LogP contribution in [0.2, 0.25) is 0 Å². The van der Waals surface area contributed by atoms with Crippen LogP contribution in [0.15, 0.2) is 186 Å². The van der Waals surface area contributed by atoms with Crippen LogP contribution in [0.25, 0.3) is 22.3 Å². The van der Waals surface area contributed by atoms with Crippen molar-refractivity contribution in [1.29, 1.82) is 0 Å². The van der Waals surface area contributed by atoms with E-state index in [9.17, 15) is 0 Å². The highest BCUT2D eigenvalue weighted by molar-refractivity contribution is 6.30. The van der Waals surface area contributed by atoms with E-state index in [0.29, 0.717) is 0 Å². The number of hydrogen-bond acceptors (Lipinski definition) is 2. The molecule has 0 saturated carbocycles. The van der Waals surface area contributed by atoms with Gasteiger partial charge in [-0.2, -0.15) is 0 Å². The first-order valence-electron chi connectivity index (χ1n) is 16.4. The lowest BCUT2D eigenvalue weighted by Crippen LogP contribution is -2.30. The second kappa shape index (κ2) is 11.8. The average molecular weight is 617 g/mol. The van der Waals surface area contributed by atoms with Gasteiger partial charge in [0.2, 0.25) is 0 Å². The largest absolute Gasteiger partial charge is 0.374 e. The van der Waals surface area contributed by atoms with Crippen LogP contribution >= 0.6 is 0 Å². The first-order chi connectivity index (χ1) is 23.8. The van der Waals surface area contributed by atoms with Gasteiger partial charge in [0.05, 0.1) is 17.5 Å². The fourth-order valence-corrected chi connectivity index (χ4v) is 7.08. The normalized spacial score (nSPS) is 22.1. The SMILES string of the molecule is C1=C/C2=C(\c3ccccc3)c3ccc([nH]3)/C(c3ccccc3)=C3/C=CC(N3)/C(c3ccccc3)=c3/cc/c([nH]3)=C(\c3ccccc3)C1=N2. The van der Waals surface area contributed by atoms with Crippen LogP contribution in [0.4, 0.5) is 0 Å². The van der Waals surface area contributed by atoms with Gasteiger partial charge in [-0.1, -0.05) is 127 Å². The van der Waals surface area contributed by atoms with Crippen molar-refractivity contribution in [3.63, 3.8) is 0 Å². The third-order valence-corrected chi connectivity index (χ3v) is 9.24. The Morgan fingerprint density at radius 1 is 0.438 bits per heavy atom. The van der Waals surface area contributed by atoms with Gasteiger partial charge in [-0.3, -0.25) is 0 Å². The fourth-order valence-electron chi connectivity index (χ4n) is 7.08. The monoisotopic (exact) mass is 616 g/mol. The summed E-state index contributed by atoms with van der Waals surface area (Å²) in [4.78, 5) is 13.0. The van der Waals surface area contributed by atoms with E-state index in [0.717, 1.165) is 78.2 Å². The Bertz CT molecular complexity index is 2440. The van der Waals surface area contributed by atoms with Gasteiger partial charge in [0.15, 0.2) is 0 Å². The molecule has 3 aliphatic rings. The molecule has 0 spiro atoms. The van der Waals surface area contributed by atoms with Crippen LogP contribution < -0.4 is 16.0 Å². The Balaban J connectivity index is 1.39. The molecule has 48 heavy (non-hydrogen) atoms. The van der Waals surface area contributed by atoms with Gasteiger partial charge >= 0.3 is 0 Å². The van der Waals surface area contributed by atoms with Crippen molar-refractivity contribution in [3.05, 3.63) is 226 Å². The minimum Gasteiger partial charge on any atom is -0.374 e. The predicted octanol–water partition coefficient (Wildman–Crippen LogP) is 7.51. The van der Waals surface area contributed by atoms with Gasteiger partial charge in [-0.05, 0) is 64.7 Å². The summed E-state index contributed by atoms with van der Waals surface area (Å²) >= 11 is 0. The molecule has 0 fully saturated rings. The molecule has 2 aromatic heterocycles. The molecule has 0 radical (unpaired) electrons. The molecular formula is C44H32N4. The van der Waals surface area contributed by atoms with E-state index in [2.05, 4.69) is 185 Å². The van der Waals surface area contributed by atoms with Crippen molar-refractivity contribution < 1.29 is 0 Å². The van der Waals surface area contributed by atoms with Crippen LogP contribution in [-0.4, -0.2) is 21.7 Å². The van der Waals surface area contributed by atoms with E-state index in [1.807, 2.05) is 0 Å². The maximum Gasteiger partial charge on any atom is 0.0737 e. The molecule has 0 amide bonds. The lowest BCUT2D eigenvalue weighted by Gasteiger charge is -2.18. The number of aliphatic imine (C=N–C) groups is 1. The predicted molar refractivity (Wildman–Crippen MR) is 196 cm³/mol. The topological polar surface area (TPSA) is 56.0 Å². The van der Waals surface area contributed by atoms with Crippen molar-refractivity contribution in [2.45, 2.75) is 6.04 Å². The number of nitrogens with one attached hydrogen (secondary N) is 3. The number of H-pyrrole nitrogens is 2. The molecule has 5 heterocycles. The van der Waals surface area contributed by atoms with Crippen LogP contribution in [-0.2, 0) is 0 Å². The Hall–Kier alpha value is -6.39. The number of nitrogens with zero attached hydrogens (tertiary/aromatic N) is 1. The van der Waals surface area contributed by atoms with Crippen molar-refractivity contribution in [2.75, 3.05) is 0 Å². The maximum absolute atomic E-state index is 5.36. The Morgan fingerprint density at radius 2 is 0.979 bits per heavy atom. The quantitative estimate of drug-likeness (QED) is 0.189. The van der Waals surface area contributed by atoms with E-state index >= 15 is 0 Å². The van der Waals surface area contributed by atoms with Gasteiger partial charge in [0.1, 0.15) is 0 Å². The summed E-state index contributed by atoms with van der Waals surface area (Å²) in [5.41, 5.74) is 13.9. The standard InChI is InChI=1S/C44H32N4/c1-5-13-29(14-6-1)41-33-21-23-35(45-33)42(30-15-7-2-8-16-30)37-25-27-39(47-37)44(32-19-11-4-12-20-32)40-28-26-38(48-40)43(31-17-9-3-10-18-31)36-24-22-34(41)46-36/h1-28,33,45-47H/b41-34-,42-35-,43-36-,44-40-. The summed E-state index contributed by atoms with van der Waals surface area (Å²) in [6, 6.07) is 51.1. The van der Waals surface area contributed by atoms with E-state index in [-0.39, 0.29) is 6.04 Å². The number of fused-ring (bicyclic) bond motifs is 7. The van der Waals surface area contributed by atoms with E-state index < -0.39 is 0 Å². The molecular weight excluding hydrogens is 585 g/mol. The summed E-state index contributed by atoms with van der Waals surface area (Å²) in [5.74, 6) is 0. The number of allylic oxidation sites excluding steroid dienone is 3. The van der Waals surface area contributed by atoms with Crippen molar-refractivity contribution >= 4 is 28.0 Å². The number of hydrogen-bond donors (Lipinski definition) is 3. The molecule has 8 bridgehead atoms. The summed E-state index contributed by atoms with van der Waals surface area (Å²) in [5, 5.41) is 6.00. The van der Waals surface area contributed by atoms with Crippen molar-refractivity contribution in [1.82, 2.24) is 15.3 Å². The molecule has 228 valence electrons. The molecule has 4 heteroatoms. The molecule has 4 nitrogen and oxygen atoms in total. The summed E-state index contributed by atoms with van der Waals surface area (Å²) in [6.07, 6.45) is 8.80. The lowest BCUT2D eigenvalue weighted by atomic mass is 9.98. The molecule has 1 atom stereocenters. The first kappa shape index (κ1) is 27.9. The van der Waals surface area contributed by atoms with E-state index in [1.54, 1.807) is 0 Å². The van der Waals surface area contributed by atoms with E-state index in [1.165, 1.54) is 5.57 Å². The average Bonchev–Trinajstić information content (AvgIpc) is 3.98. The second-order valence-electron chi connectivity index (χ2n) is 12.2. The van der Waals surface area contributed by atoms with Crippen LogP contribution in [0.1, 0.15) is 33.6 Å². The van der Waals surface area contributed by atoms with Gasteiger partial charge in [0.25, 0.3) is 0 Å². The zero-order chi connectivity index (χ0) is 31.9. The molecule has 0 aliphatic carbocycles. The first-order valence-corrected chi connectivity index (χ1v) is 16.4. The minimum atomic E-state index is -0.0507. The van der Waals surface area contributed by atoms with Crippen LogP contribution in [0.5, 0.6) is 0 Å². The zero-order valence-electron chi connectivity index (χ0n) is 26.2. The van der Waals surface area contributed by atoms with Gasteiger partial charge in [-0.15, -0.1) is 0 Å². The third kappa shape index (κ3) is 4.91. The molecule has 3 N–H and O–H groups in total. The zero-order valence-corrected chi connectivity index (χ0v) is 26.2. The third-order valence-electron chi connectivity index (χ3n) is 9.24. The van der Waals surface area contributed by atoms with Gasteiger partial charge < -0.3 is 15.3 Å². The second-order valence-corrected chi connectivity index (χ2v) is 12.2. The number of rotatable bonds is 4. The lowest BCUT2D eigenvalue weighted by molar-refractivity contribution is 0.855. The molecule has 6 aromatic rings. The highest BCUT2D eigenvalue weighted by atomic mass is 15.0. The van der Waals surface area contributed by atoms with Crippen LogP contribution in [0.3, 0.4) is 0 Å². The maximum atomic E-state index is 5.36. The number of benzene rings is 4. The highest BCUT2D eigenvalue weighted by Crippen LogP contribution is 2.35. The minimum absolute atomic E-state index is 0.0507. The Kier molecular flexibility index (Phi) is 6.83. The number of aromatic amines is 2. The smallest absolute Gasteiger partial charge is 0.0737 e. The fraction of sp³-hybridized carbons (Fsp3) is 0.0227. The summed E-state index contributed by atoms with van der Waals surface area (Å²) in [7, 11) is 0. The van der Waals surface area contributed by atoms with E-state index in [4.69, 9.17) is 4.99 Å². The summed E-state index contributed by atoms with van der Waals surface area (Å²) < 4.78 is 0. The van der Waals surface area contributed by atoms with Crippen molar-refractivity contribution in [2.24, 2.45) is 4.99 Å². The number of aromatic nitrogens is 2. The summed E-state index contributed by atoms with van der Waals surface area (Å²) in [6.45, 7) is 0. The van der Waals surface area contributed by atoms with Gasteiger partial charge in [0, 0.05) is 50.1 Å². The van der Waals surface area contributed by atoms with Crippen LogP contribution in [0, 0.1) is 0 Å². The Morgan fingerprint density at radius 3 is 1.62 bits per heavy atom. The highest BCUT2D eigenvalue weighted by Gasteiger charge is 2.25. The molecule has 4 aromatic carbocycles.